The van der Waals surface area contributed by atoms with Crippen LogP contribution < -0.4 is 0 Å². The summed E-state index contributed by atoms with van der Waals surface area (Å²) in [6.07, 6.45) is -2.88. The van der Waals surface area contributed by atoms with Crippen molar-refractivity contribution >= 4 is 5.97 Å². The Balaban J connectivity index is 2.42. The lowest BCUT2D eigenvalue weighted by Crippen LogP contribution is -2.07. The van der Waals surface area contributed by atoms with E-state index in [1.165, 1.54) is 7.05 Å². The number of esters is 1. The molecule has 0 atom stereocenters. The van der Waals surface area contributed by atoms with Gasteiger partial charge in [-0.25, -0.2) is 19.2 Å². The van der Waals surface area contributed by atoms with Gasteiger partial charge < -0.3 is 9.30 Å². The minimum Gasteiger partial charge on any atom is -0.462 e. The average molecular weight is 317 g/mol. The predicted octanol–water partition coefficient (Wildman–Crippen LogP) is 2.82. The van der Waals surface area contributed by atoms with Crippen LogP contribution in [0.1, 0.15) is 23.0 Å². The van der Waals surface area contributed by atoms with E-state index in [2.05, 4.69) is 14.7 Å². The Morgan fingerprint density at radius 2 is 2.09 bits per heavy atom. The number of carbonyl (C=O) groups excluding carboxylic acids is 1. The topological polar surface area (TPSA) is 57.0 Å². The normalized spacial score (nSPS) is 11.5. The van der Waals surface area contributed by atoms with E-state index in [0.717, 1.165) is 23.0 Å². The molecule has 0 amide bonds. The van der Waals surface area contributed by atoms with Gasteiger partial charge in [0, 0.05) is 19.4 Å². The van der Waals surface area contributed by atoms with Crippen molar-refractivity contribution in [2.45, 2.75) is 13.1 Å². The summed E-state index contributed by atoms with van der Waals surface area (Å²) in [5.41, 5.74) is -1.67. The molecule has 2 aromatic rings. The molecule has 0 aromatic carbocycles. The largest absolute Gasteiger partial charge is 0.462 e. The van der Waals surface area contributed by atoms with Gasteiger partial charge in [-0.1, -0.05) is 0 Å². The van der Waals surface area contributed by atoms with Crippen molar-refractivity contribution in [1.82, 2.24) is 14.5 Å². The fraction of sp³-hybridized carbons (Fsp3) is 0.308. The number of alkyl halides is 3. The van der Waals surface area contributed by atoms with Crippen molar-refractivity contribution < 1.29 is 27.1 Å². The fourth-order valence-electron chi connectivity index (χ4n) is 1.75. The summed E-state index contributed by atoms with van der Waals surface area (Å²) in [5.74, 6) is -2.02. The maximum Gasteiger partial charge on any atom is 0.434 e. The number of aromatic nitrogens is 3. The Morgan fingerprint density at radius 1 is 1.41 bits per heavy atom. The standard InChI is InChI=1S/C13H11F4N3O2/c1-3-22-12(21)7-4-8(14)10(18-5-7)11-19-9(6-20(11)2)13(15,16)17/h4-6H,3H2,1-2H3. The number of rotatable bonds is 3. The highest BCUT2D eigenvalue weighted by molar-refractivity contribution is 5.89. The van der Waals surface area contributed by atoms with Crippen molar-refractivity contribution in [3.05, 3.63) is 35.5 Å². The number of ether oxygens (including phenoxy) is 1. The molecule has 9 heteroatoms. The first kappa shape index (κ1) is 15.9. The molecule has 22 heavy (non-hydrogen) atoms. The minimum atomic E-state index is -4.64. The lowest BCUT2D eigenvalue weighted by atomic mass is 10.2. The van der Waals surface area contributed by atoms with Gasteiger partial charge in [-0.05, 0) is 13.0 Å². The number of imidazole rings is 1. The number of carbonyl (C=O) groups is 1. The van der Waals surface area contributed by atoms with E-state index < -0.39 is 23.7 Å². The van der Waals surface area contributed by atoms with Crippen LogP contribution in [0.15, 0.2) is 18.5 Å². The van der Waals surface area contributed by atoms with E-state index in [-0.39, 0.29) is 23.7 Å². The molecule has 0 fully saturated rings. The van der Waals surface area contributed by atoms with Gasteiger partial charge in [-0.15, -0.1) is 0 Å². The molecule has 0 aliphatic rings. The number of hydrogen-bond donors (Lipinski definition) is 0. The first-order valence-corrected chi connectivity index (χ1v) is 6.17. The molecule has 0 aliphatic heterocycles. The maximum atomic E-state index is 14.0. The molecule has 118 valence electrons. The summed E-state index contributed by atoms with van der Waals surface area (Å²) >= 11 is 0. The Labute approximate surface area is 122 Å². The van der Waals surface area contributed by atoms with Crippen LogP contribution in [0, 0.1) is 5.82 Å². The first-order valence-electron chi connectivity index (χ1n) is 6.17. The van der Waals surface area contributed by atoms with E-state index in [1.54, 1.807) is 6.92 Å². The Bertz CT molecular complexity index is 710. The van der Waals surface area contributed by atoms with Crippen LogP contribution in [-0.2, 0) is 18.0 Å². The lowest BCUT2D eigenvalue weighted by Gasteiger charge is -2.05. The van der Waals surface area contributed by atoms with Crippen molar-refractivity contribution in [2.75, 3.05) is 6.61 Å². The molecule has 0 saturated carbocycles. The van der Waals surface area contributed by atoms with Crippen molar-refractivity contribution in [1.29, 1.82) is 0 Å². The molecule has 0 saturated heterocycles. The van der Waals surface area contributed by atoms with Gasteiger partial charge in [0.15, 0.2) is 17.3 Å². The van der Waals surface area contributed by atoms with Gasteiger partial charge in [0.1, 0.15) is 5.69 Å². The smallest absolute Gasteiger partial charge is 0.434 e. The summed E-state index contributed by atoms with van der Waals surface area (Å²) in [7, 11) is 1.29. The number of aryl methyl sites for hydroxylation is 1. The van der Waals surface area contributed by atoms with Gasteiger partial charge in [-0.2, -0.15) is 13.2 Å². The average Bonchev–Trinajstić information content (AvgIpc) is 2.81. The van der Waals surface area contributed by atoms with E-state index in [1.807, 2.05) is 0 Å². The van der Waals surface area contributed by atoms with E-state index in [4.69, 9.17) is 0 Å². The quantitative estimate of drug-likeness (QED) is 0.645. The molecule has 2 rings (SSSR count). The second-order valence-electron chi connectivity index (χ2n) is 4.33. The van der Waals surface area contributed by atoms with Crippen molar-refractivity contribution in [3.8, 4) is 11.5 Å². The fourth-order valence-corrected chi connectivity index (χ4v) is 1.75. The molecular weight excluding hydrogens is 306 g/mol. The van der Waals surface area contributed by atoms with Crippen LogP contribution >= 0.6 is 0 Å². The molecule has 0 spiro atoms. The summed E-state index contributed by atoms with van der Waals surface area (Å²) < 4.78 is 57.5. The lowest BCUT2D eigenvalue weighted by molar-refractivity contribution is -0.140. The predicted molar refractivity (Wildman–Crippen MR) is 67.4 cm³/mol. The third kappa shape index (κ3) is 3.07. The summed E-state index contributed by atoms with van der Waals surface area (Å²) in [6, 6.07) is 0.849. The maximum absolute atomic E-state index is 14.0. The molecule has 0 aliphatic carbocycles. The highest BCUT2D eigenvalue weighted by Crippen LogP contribution is 2.30. The molecule has 5 nitrogen and oxygen atoms in total. The van der Waals surface area contributed by atoms with E-state index >= 15 is 0 Å². The van der Waals surface area contributed by atoms with E-state index in [9.17, 15) is 22.4 Å². The SMILES string of the molecule is CCOC(=O)c1cnc(-c2nc(C(F)(F)F)cn2C)c(F)c1. The van der Waals surface area contributed by atoms with Crippen molar-refractivity contribution in [2.24, 2.45) is 7.05 Å². The van der Waals surface area contributed by atoms with Crippen LogP contribution in [0.25, 0.3) is 11.5 Å². The minimum absolute atomic E-state index is 0.108. The molecule has 2 heterocycles. The van der Waals surface area contributed by atoms with Gasteiger partial charge in [0.25, 0.3) is 0 Å². The second-order valence-corrected chi connectivity index (χ2v) is 4.33. The number of hydrogen-bond acceptors (Lipinski definition) is 4. The van der Waals surface area contributed by atoms with E-state index in [0.29, 0.717) is 0 Å². The van der Waals surface area contributed by atoms with Crippen LogP contribution in [0.4, 0.5) is 17.6 Å². The first-order chi connectivity index (χ1) is 10.2. The highest BCUT2D eigenvalue weighted by Gasteiger charge is 2.35. The van der Waals surface area contributed by atoms with Crippen LogP contribution in [0.3, 0.4) is 0 Å². The van der Waals surface area contributed by atoms with Crippen LogP contribution in [-0.4, -0.2) is 27.1 Å². The monoisotopic (exact) mass is 317 g/mol. The number of nitrogens with zero attached hydrogens (tertiary/aromatic N) is 3. The zero-order chi connectivity index (χ0) is 16.5. The number of halogens is 4. The van der Waals surface area contributed by atoms with Crippen LogP contribution in [0.5, 0.6) is 0 Å². The molecule has 2 aromatic heterocycles. The van der Waals surface area contributed by atoms with Gasteiger partial charge >= 0.3 is 12.1 Å². The highest BCUT2D eigenvalue weighted by atomic mass is 19.4. The molecule has 0 radical (unpaired) electrons. The van der Waals surface area contributed by atoms with Gasteiger partial charge in [0.05, 0.1) is 12.2 Å². The zero-order valence-corrected chi connectivity index (χ0v) is 11.6. The van der Waals surface area contributed by atoms with Gasteiger partial charge in [-0.3, -0.25) is 0 Å². The third-order valence-electron chi connectivity index (χ3n) is 2.73. The van der Waals surface area contributed by atoms with Gasteiger partial charge in [0.2, 0.25) is 0 Å². The summed E-state index contributed by atoms with van der Waals surface area (Å²) in [6.45, 7) is 1.69. The molecule has 0 bridgehead atoms. The Kier molecular flexibility index (Phi) is 4.16. The van der Waals surface area contributed by atoms with Crippen molar-refractivity contribution in [3.63, 3.8) is 0 Å². The Morgan fingerprint density at radius 3 is 2.59 bits per heavy atom. The number of pyridine rings is 1. The molecule has 0 N–H and O–H groups in total. The summed E-state index contributed by atoms with van der Waals surface area (Å²) in [5, 5.41) is 0. The molecular formula is C13H11F4N3O2. The summed E-state index contributed by atoms with van der Waals surface area (Å²) in [4.78, 5) is 18.5. The third-order valence-corrected chi connectivity index (χ3v) is 2.73. The second kappa shape index (κ2) is 5.74. The Hall–Kier alpha value is -2.45. The van der Waals surface area contributed by atoms with Crippen LogP contribution in [0.2, 0.25) is 0 Å². The molecule has 0 unspecified atom stereocenters. The zero-order valence-electron chi connectivity index (χ0n) is 11.6.